The molecule has 0 atom stereocenters. The molecule has 0 aromatic rings. The summed E-state index contributed by atoms with van der Waals surface area (Å²) in [5, 5.41) is 0. The van der Waals surface area contributed by atoms with Gasteiger partial charge in [-0.1, -0.05) is 5.57 Å². The van der Waals surface area contributed by atoms with Crippen LogP contribution in [0.15, 0.2) is 9.15 Å². The van der Waals surface area contributed by atoms with E-state index in [1.54, 1.807) is 0 Å². The van der Waals surface area contributed by atoms with Gasteiger partial charge in [0.25, 0.3) is 0 Å². The number of hydrogen-bond acceptors (Lipinski definition) is 3. The van der Waals surface area contributed by atoms with E-state index in [0.29, 0.717) is 19.0 Å². The number of ketones is 1. The minimum Gasteiger partial charge on any atom is -0.350 e. The first-order chi connectivity index (χ1) is 7.27. The first kappa shape index (κ1) is 11.5. The SMILES string of the molecule is O=C1CCCC(CCC2OCCO2)=C1I. The predicted octanol–water partition coefficient (Wildman–Crippen LogP) is 2.58. The van der Waals surface area contributed by atoms with Crippen LogP contribution in [-0.4, -0.2) is 25.3 Å². The van der Waals surface area contributed by atoms with E-state index in [1.165, 1.54) is 5.57 Å². The minimum atomic E-state index is -0.0428. The normalized spacial score (nSPS) is 23.9. The van der Waals surface area contributed by atoms with Gasteiger partial charge in [-0.25, -0.2) is 0 Å². The van der Waals surface area contributed by atoms with Gasteiger partial charge in [-0.3, -0.25) is 4.79 Å². The molecule has 0 unspecified atom stereocenters. The zero-order valence-electron chi connectivity index (χ0n) is 8.63. The maximum absolute atomic E-state index is 11.5. The highest BCUT2D eigenvalue weighted by Crippen LogP contribution is 2.30. The summed E-state index contributed by atoms with van der Waals surface area (Å²) in [5.41, 5.74) is 1.30. The Bertz CT molecular complexity index is 280. The molecular formula is C11H15IO3. The molecule has 2 aliphatic rings. The molecule has 1 fully saturated rings. The Balaban J connectivity index is 1.87. The summed E-state index contributed by atoms with van der Waals surface area (Å²) in [6.45, 7) is 1.42. The van der Waals surface area contributed by atoms with Crippen LogP contribution < -0.4 is 0 Å². The third-order valence-corrected chi connectivity index (χ3v) is 4.17. The number of hydrogen-bond donors (Lipinski definition) is 0. The Labute approximate surface area is 103 Å². The minimum absolute atomic E-state index is 0.0428. The van der Waals surface area contributed by atoms with Crippen molar-refractivity contribution in [2.24, 2.45) is 0 Å². The van der Waals surface area contributed by atoms with Gasteiger partial charge in [0.05, 0.1) is 16.8 Å². The van der Waals surface area contributed by atoms with Crippen LogP contribution in [0, 0.1) is 0 Å². The highest BCUT2D eigenvalue weighted by Gasteiger charge is 2.21. The zero-order chi connectivity index (χ0) is 10.7. The third kappa shape index (κ3) is 3.01. The van der Waals surface area contributed by atoms with Gasteiger partial charge in [0, 0.05) is 12.8 Å². The van der Waals surface area contributed by atoms with E-state index < -0.39 is 0 Å². The van der Waals surface area contributed by atoms with Gasteiger partial charge in [-0.2, -0.15) is 0 Å². The van der Waals surface area contributed by atoms with E-state index in [9.17, 15) is 4.79 Å². The van der Waals surface area contributed by atoms with Gasteiger partial charge in [0.15, 0.2) is 12.1 Å². The molecule has 2 rings (SSSR count). The second-order valence-corrected chi connectivity index (χ2v) is 4.98. The van der Waals surface area contributed by atoms with E-state index in [1.807, 2.05) is 0 Å². The second-order valence-electron chi connectivity index (χ2n) is 3.90. The van der Waals surface area contributed by atoms with Crippen molar-refractivity contribution in [3.63, 3.8) is 0 Å². The lowest BCUT2D eigenvalue weighted by Crippen LogP contribution is -2.11. The fourth-order valence-electron chi connectivity index (χ4n) is 1.98. The predicted molar refractivity (Wildman–Crippen MR) is 64.8 cm³/mol. The molecule has 0 spiro atoms. The number of carbonyl (C=O) groups excluding carboxylic acids is 1. The molecule has 0 aromatic heterocycles. The van der Waals surface area contributed by atoms with Crippen LogP contribution in [-0.2, 0) is 14.3 Å². The quantitative estimate of drug-likeness (QED) is 0.749. The standard InChI is InChI=1S/C11H15IO3/c12-11-8(2-1-3-9(11)13)4-5-10-14-6-7-15-10/h10H,1-7H2. The number of allylic oxidation sites excluding steroid dienone is 2. The number of Topliss-reactive ketones (excluding diaryl/α,β-unsaturated/α-hetero) is 1. The first-order valence-electron chi connectivity index (χ1n) is 5.41. The fraction of sp³-hybridized carbons (Fsp3) is 0.727. The molecule has 1 heterocycles. The Morgan fingerprint density at radius 2 is 2.00 bits per heavy atom. The summed E-state index contributed by atoms with van der Waals surface area (Å²) in [6, 6.07) is 0. The zero-order valence-corrected chi connectivity index (χ0v) is 10.8. The van der Waals surface area contributed by atoms with E-state index in [2.05, 4.69) is 22.6 Å². The van der Waals surface area contributed by atoms with Crippen molar-refractivity contribution < 1.29 is 14.3 Å². The van der Waals surface area contributed by atoms with Crippen LogP contribution in [0.2, 0.25) is 0 Å². The Morgan fingerprint density at radius 1 is 1.27 bits per heavy atom. The summed E-state index contributed by atoms with van der Waals surface area (Å²) in [7, 11) is 0. The lowest BCUT2D eigenvalue weighted by Gasteiger charge is -2.16. The topological polar surface area (TPSA) is 35.5 Å². The smallest absolute Gasteiger partial charge is 0.168 e. The monoisotopic (exact) mass is 322 g/mol. The first-order valence-corrected chi connectivity index (χ1v) is 6.49. The molecule has 4 heteroatoms. The van der Waals surface area contributed by atoms with E-state index in [-0.39, 0.29) is 6.29 Å². The Kier molecular flexibility index (Phi) is 4.16. The molecule has 1 saturated heterocycles. The average Bonchev–Trinajstić information content (AvgIpc) is 2.73. The number of rotatable bonds is 3. The maximum atomic E-state index is 11.5. The number of halogens is 1. The van der Waals surface area contributed by atoms with E-state index >= 15 is 0 Å². The van der Waals surface area contributed by atoms with Crippen LogP contribution in [0.1, 0.15) is 32.1 Å². The number of carbonyl (C=O) groups is 1. The molecule has 15 heavy (non-hydrogen) atoms. The van der Waals surface area contributed by atoms with Gasteiger partial charge in [0.2, 0.25) is 0 Å². The van der Waals surface area contributed by atoms with Crippen molar-refractivity contribution in [1.82, 2.24) is 0 Å². The maximum Gasteiger partial charge on any atom is 0.168 e. The molecule has 3 nitrogen and oxygen atoms in total. The van der Waals surface area contributed by atoms with Gasteiger partial charge < -0.3 is 9.47 Å². The van der Waals surface area contributed by atoms with Crippen molar-refractivity contribution >= 4 is 28.4 Å². The molecular weight excluding hydrogens is 307 g/mol. The Morgan fingerprint density at radius 3 is 2.73 bits per heavy atom. The number of ether oxygens (including phenoxy) is 2. The van der Waals surface area contributed by atoms with Crippen molar-refractivity contribution in [2.45, 2.75) is 38.4 Å². The lowest BCUT2D eigenvalue weighted by atomic mass is 9.95. The molecule has 1 aliphatic heterocycles. The molecule has 0 N–H and O–H groups in total. The van der Waals surface area contributed by atoms with Gasteiger partial charge in [-0.05, 0) is 41.9 Å². The van der Waals surface area contributed by atoms with Gasteiger partial charge >= 0.3 is 0 Å². The van der Waals surface area contributed by atoms with E-state index in [0.717, 1.165) is 35.7 Å². The van der Waals surface area contributed by atoms with Gasteiger partial charge in [0.1, 0.15) is 0 Å². The van der Waals surface area contributed by atoms with Crippen molar-refractivity contribution in [3.8, 4) is 0 Å². The van der Waals surface area contributed by atoms with Crippen LogP contribution in [0.5, 0.6) is 0 Å². The average molecular weight is 322 g/mol. The largest absolute Gasteiger partial charge is 0.350 e. The molecule has 0 radical (unpaired) electrons. The molecule has 0 aromatic carbocycles. The van der Waals surface area contributed by atoms with E-state index in [4.69, 9.17) is 9.47 Å². The second kappa shape index (κ2) is 5.41. The molecule has 0 saturated carbocycles. The Hall–Kier alpha value is 0.0600. The van der Waals surface area contributed by atoms with Crippen LogP contribution >= 0.6 is 22.6 Å². The molecule has 84 valence electrons. The van der Waals surface area contributed by atoms with Crippen LogP contribution in [0.4, 0.5) is 0 Å². The lowest BCUT2D eigenvalue weighted by molar-refractivity contribution is -0.115. The molecule has 1 aliphatic carbocycles. The van der Waals surface area contributed by atoms with Crippen LogP contribution in [0.3, 0.4) is 0 Å². The molecule has 0 bridgehead atoms. The fourth-order valence-corrected chi connectivity index (χ4v) is 2.79. The third-order valence-electron chi connectivity index (χ3n) is 2.81. The van der Waals surface area contributed by atoms with Crippen molar-refractivity contribution in [3.05, 3.63) is 9.15 Å². The summed E-state index contributed by atoms with van der Waals surface area (Å²) in [5.74, 6) is 0.310. The summed E-state index contributed by atoms with van der Waals surface area (Å²) >= 11 is 2.18. The van der Waals surface area contributed by atoms with Crippen molar-refractivity contribution in [1.29, 1.82) is 0 Å². The van der Waals surface area contributed by atoms with Gasteiger partial charge in [-0.15, -0.1) is 0 Å². The summed E-state index contributed by atoms with van der Waals surface area (Å²) < 4.78 is 11.7. The molecule has 0 amide bonds. The van der Waals surface area contributed by atoms with Crippen LogP contribution in [0.25, 0.3) is 0 Å². The van der Waals surface area contributed by atoms with Crippen molar-refractivity contribution in [2.75, 3.05) is 13.2 Å². The summed E-state index contributed by atoms with van der Waals surface area (Å²) in [6.07, 6.45) is 4.57. The summed E-state index contributed by atoms with van der Waals surface area (Å²) in [4.78, 5) is 11.5. The highest BCUT2D eigenvalue weighted by molar-refractivity contribution is 14.1. The highest BCUT2D eigenvalue weighted by atomic mass is 127.